The van der Waals surface area contributed by atoms with E-state index in [1.807, 2.05) is 0 Å². The lowest BCUT2D eigenvalue weighted by Gasteiger charge is -2.31. The number of hydrogen-bond donors (Lipinski definition) is 2. The highest BCUT2D eigenvalue weighted by Gasteiger charge is 2.35. The van der Waals surface area contributed by atoms with Gasteiger partial charge >= 0.3 is 0 Å². The Bertz CT molecular complexity index is 1190. The summed E-state index contributed by atoms with van der Waals surface area (Å²) in [6, 6.07) is 2.05. The Kier molecular flexibility index (Phi) is 4.34. The van der Waals surface area contributed by atoms with Gasteiger partial charge in [0.15, 0.2) is 0 Å². The zero-order valence-electron chi connectivity index (χ0n) is 14.9. The fraction of sp³-hybridized carbons (Fsp3) is 0.158. The molecule has 1 aliphatic heterocycles. The first kappa shape index (κ1) is 17.8. The number of nitrogens with zero attached hydrogens (tertiary/aromatic N) is 4. The molecule has 0 spiro atoms. The van der Waals surface area contributed by atoms with Crippen molar-refractivity contribution in [3.05, 3.63) is 82.9 Å². The minimum absolute atomic E-state index is 0.194. The number of aromatic nitrogens is 5. The molecule has 0 bridgehead atoms. The highest BCUT2D eigenvalue weighted by Crippen LogP contribution is 2.39. The zero-order valence-corrected chi connectivity index (χ0v) is 14.9. The van der Waals surface area contributed by atoms with Crippen LogP contribution in [-0.4, -0.2) is 31.0 Å². The monoisotopic (exact) mass is 382 g/mol. The largest absolute Gasteiger partial charge is 0.377 e. The molecule has 2 atom stereocenters. The summed E-state index contributed by atoms with van der Waals surface area (Å²) in [5.74, 6) is -0.888. The predicted molar refractivity (Wildman–Crippen MR) is 101 cm³/mol. The van der Waals surface area contributed by atoms with Gasteiger partial charge in [0.05, 0.1) is 23.0 Å². The quantitative estimate of drug-likeness (QED) is 0.678. The van der Waals surface area contributed by atoms with Crippen molar-refractivity contribution in [3.63, 3.8) is 0 Å². The van der Waals surface area contributed by atoms with E-state index in [0.29, 0.717) is 22.6 Å². The predicted octanol–water partition coefficient (Wildman–Crippen LogP) is 2.71. The van der Waals surface area contributed by atoms with Crippen LogP contribution in [0.5, 0.6) is 0 Å². The third-order valence-corrected chi connectivity index (χ3v) is 4.65. The lowest BCUT2D eigenvalue weighted by atomic mass is 9.87. The van der Waals surface area contributed by atoms with Gasteiger partial charge in [0, 0.05) is 18.1 Å². The SMILES string of the molecule is C=CC(F)=CC=CC1Nc2cc(F)cc3c(=O)[nH]nc(c23)C1c1ncnn1C. The third kappa shape index (κ3) is 2.90. The Morgan fingerprint density at radius 2 is 2.21 bits per heavy atom. The second-order valence-electron chi connectivity index (χ2n) is 6.34. The molecule has 142 valence electrons. The van der Waals surface area contributed by atoms with E-state index < -0.39 is 29.2 Å². The van der Waals surface area contributed by atoms with E-state index in [-0.39, 0.29) is 5.39 Å². The maximum absolute atomic E-state index is 14.1. The summed E-state index contributed by atoms with van der Waals surface area (Å²) >= 11 is 0. The van der Waals surface area contributed by atoms with E-state index in [1.165, 1.54) is 30.6 Å². The molecule has 2 N–H and O–H groups in total. The van der Waals surface area contributed by atoms with Crippen molar-refractivity contribution >= 4 is 16.5 Å². The number of anilines is 1. The molecule has 1 aromatic carbocycles. The molecule has 28 heavy (non-hydrogen) atoms. The lowest BCUT2D eigenvalue weighted by Crippen LogP contribution is -2.34. The molecule has 9 heteroatoms. The lowest BCUT2D eigenvalue weighted by molar-refractivity contribution is 0.597. The maximum atomic E-state index is 14.1. The number of halogens is 2. The molecule has 0 amide bonds. The van der Waals surface area contributed by atoms with Crippen molar-refractivity contribution in [3.8, 4) is 0 Å². The van der Waals surface area contributed by atoms with Gasteiger partial charge in [-0.05, 0) is 24.3 Å². The molecule has 2 aromatic heterocycles. The second-order valence-corrected chi connectivity index (χ2v) is 6.34. The van der Waals surface area contributed by atoms with Crippen LogP contribution in [0, 0.1) is 5.82 Å². The Morgan fingerprint density at radius 3 is 2.93 bits per heavy atom. The minimum Gasteiger partial charge on any atom is -0.377 e. The van der Waals surface area contributed by atoms with Crippen LogP contribution >= 0.6 is 0 Å². The van der Waals surface area contributed by atoms with Crippen LogP contribution < -0.4 is 10.9 Å². The average Bonchev–Trinajstić information content (AvgIpc) is 3.09. The summed E-state index contributed by atoms with van der Waals surface area (Å²) in [4.78, 5) is 16.5. The Hall–Kier alpha value is -3.62. The molecule has 3 heterocycles. The van der Waals surface area contributed by atoms with Crippen molar-refractivity contribution in [2.24, 2.45) is 7.05 Å². The molecule has 7 nitrogen and oxygen atoms in total. The topological polar surface area (TPSA) is 88.5 Å². The van der Waals surface area contributed by atoms with Gasteiger partial charge in [-0.1, -0.05) is 18.7 Å². The summed E-state index contributed by atoms with van der Waals surface area (Å²) in [6.07, 6.45) is 7.02. The number of rotatable bonds is 4. The standard InChI is InChI=1S/C19H16F2N6O/c1-3-10(20)5-4-6-13-16(18-22-9-23-27(18)2)17-15-12(19(28)26-25-17)7-11(21)8-14(15)24-13/h3-9,13,16,24H,1H2,2H3,(H,26,28). The fourth-order valence-electron chi connectivity index (χ4n) is 3.42. The van der Waals surface area contributed by atoms with Gasteiger partial charge in [0.1, 0.15) is 23.8 Å². The number of allylic oxidation sites excluding steroid dienone is 4. The molecule has 0 fully saturated rings. The molecule has 3 aromatic rings. The maximum Gasteiger partial charge on any atom is 0.272 e. The third-order valence-electron chi connectivity index (χ3n) is 4.65. The summed E-state index contributed by atoms with van der Waals surface area (Å²) in [7, 11) is 1.74. The van der Waals surface area contributed by atoms with Crippen LogP contribution in [-0.2, 0) is 7.05 Å². The number of hydrogen-bond acceptors (Lipinski definition) is 5. The van der Waals surface area contributed by atoms with Gasteiger partial charge in [-0.3, -0.25) is 9.48 Å². The van der Waals surface area contributed by atoms with Crippen molar-refractivity contribution in [1.82, 2.24) is 25.0 Å². The number of nitrogens with one attached hydrogen (secondary N) is 2. The summed E-state index contributed by atoms with van der Waals surface area (Å²) < 4.78 is 29.0. The van der Waals surface area contributed by atoms with E-state index in [1.54, 1.807) is 17.8 Å². The van der Waals surface area contributed by atoms with Gasteiger partial charge < -0.3 is 5.32 Å². The molecular weight excluding hydrogens is 366 g/mol. The van der Waals surface area contributed by atoms with E-state index in [4.69, 9.17) is 0 Å². The molecule has 4 rings (SSSR count). The van der Waals surface area contributed by atoms with E-state index in [0.717, 1.165) is 6.08 Å². The molecule has 2 unspecified atom stereocenters. The molecule has 0 aliphatic carbocycles. The van der Waals surface area contributed by atoms with Crippen molar-refractivity contribution in [2.45, 2.75) is 12.0 Å². The van der Waals surface area contributed by atoms with Gasteiger partial charge in [0.25, 0.3) is 5.56 Å². The van der Waals surface area contributed by atoms with E-state index in [2.05, 4.69) is 32.2 Å². The summed E-state index contributed by atoms with van der Waals surface area (Å²) in [5, 5.41) is 14.7. The van der Waals surface area contributed by atoms with Crippen LogP contribution in [0.4, 0.5) is 14.5 Å². The normalized spacial score (nSPS) is 19.2. The molecule has 1 aliphatic rings. The second kappa shape index (κ2) is 6.84. The average molecular weight is 382 g/mol. The Balaban J connectivity index is 1.94. The highest BCUT2D eigenvalue weighted by molar-refractivity contribution is 5.97. The van der Waals surface area contributed by atoms with Gasteiger partial charge in [0.2, 0.25) is 0 Å². The molecule has 0 radical (unpaired) electrons. The minimum atomic E-state index is -0.546. The van der Waals surface area contributed by atoms with Gasteiger partial charge in [-0.15, -0.1) is 0 Å². The molecule has 0 saturated carbocycles. The summed E-state index contributed by atoms with van der Waals surface area (Å²) in [6.45, 7) is 3.37. The van der Waals surface area contributed by atoms with Crippen molar-refractivity contribution in [2.75, 3.05) is 5.32 Å². The van der Waals surface area contributed by atoms with E-state index in [9.17, 15) is 13.6 Å². The zero-order chi connectivity index (χ0) is 19.8. The van der Waals surface area contributed by atoms with Gasteiger partial charge in [-0.25, -0.2) is 18.9 Å². The number of aromatic amines is 1. The fourth-order valence-corrected chi connectivity index (χ4v) is 3.42. The first-order chi connectivity index (χ1) is 13.5. The Morgan fingerprint density at radius 1 is 1.39 bits per heavy atom. The van der Waals surface area contributed by atoms with Crippen LogP contribution in [0.3, 0.4) is 0 Å². The van der Waals surface area contributed by atoms with Crippen molar-refractivity contribution in [1.29, 1.82) is 0 Å². The van der Waals surface area contributed by atoms with Gasteiger partial charge in [-0.2, -0.15) is 10.2 Å². The van der Waals surface area contributed by atoms with Crippen LogP contribution in [0.1, 0.15) is 17.4 Å². The first-order valence-electron chi connectivity index (χ1n) is 8.48. The van der Waals surface area contributed by atoms with Crippen LogP contribution in [0.25, 0.3) is 10.8 Å². The number of H-pyrrole nitrogens is 1. The van der Waals surface area contributed by atoms with E-state index >= 15 is 0 Å². The van der Waals surface area contributed by atoms with Crippen LogP contribution in [0.15, 0.2) is 60.0 Å². The Labute approximate surface area is 158 Å². The van der Waals surface area contributed by atoms with Crippen LogP contribution in [0.2, 0.25) is 0 Å². The highest BCUT2D eigenvalue weighted by atomic mass is 19.1. The molecular formula is C19H16F2N6O. The smallest absolute Gasteiger partial charge is 0.272 e. The molecule has 0 saturated heterocycles. The summed E-state index contributed by atoms with van der Waals surface area (Å²) in [5.41, 5.74) is 0.482. The number of aryl methyl sites for hydroxylation is 1. The van der Waals surface area contributed by atoms with Crippen molar-refractivity contribution < 1.29 is 8.78 Å². The first-order valence-corrected chi connectivity index (χ1v) is 8.48. The number of benzene rings is 1.